The molecule has 8 aromatic carbocycles. The molecule has 14 rings (SSSR count). The van der Waals surface area contributed by atoms with Crippen molar-refractivity contribution in [1.29, 1.82) is 0 Å². The fourth-order valence-electron chi connectivity index (χ4n) is 12.5. The van der Waals surface area contributed by atoms with E-state index >= 15 is 0 Å². The zero-order valence-electron chi connectivity index (χ0n) is 60.4. The third-order valence-corrected chi connectivity index (χ3v) is 25.8. The van der Waals surface area contributed by atoms with Crippen LogP contribution in [0, 0.1) is 0 Å². The number of hydrogen-bond donors (Lipinski definition) is 0. The van der Waals surface area contributed by atoms with Crippen molar-refractivity contribution in [3.63, 3.8) is 0 Å². The molecule has 4 aromatic heterocycles. The molecule has 102 heavy (non-hydrogen) atoms. The first-order valence-electron chi connectivity index (χ1n) is 36.0. The number of rotatable bonds is 23. The van der Waals surface area contributed by atoms with Crippen molar-refractivity contribution in [3.05, 3.63) is 273 Å². The monoisotopic (exact) mass is 1550 g/mol. The van der Waals surface area contributed by atoms with Gasteiger partial charge in [0.05, 0.1) is 30.0 Å². The van der Waals surface area contributed by atoms with Crippen LogP contribution in [0.4, 0.5) is 34.1 Å². The summed E-state index contributed by atoms with van der Waals surface area (Å²) in [5, 5.41) is 0. The van der Waals surface area contributed by atoms with Crippen LogP contribution in [0.3, 0.4) is 0 Å². The van der Waals surface area contributed by atoms with Gasteiger partial charge in [-0.05, 0) is 279 Å². The highest BCUT2D eigenvalue weighted by molar-refractivity contribution is 9.11. The number of halogens is 2. The Kier molecular flexibility index (Phi) is 24.9. The van der Waals surface area contributed by atoms with E-state index in [0.717, 1.165) is 52.2 Å². The van der Waals surface area contributed by atoms with E-state index in [2.05, 4.69) is 366 Å². The first-order valence-corrected chi connectivity index (χ1v) is 40.8. The molecule has 6 nitrogen and oxygen atoms in total. The maximum Gasteiger partial charge on any atom is 0.494 e. The van der Waals surface area contributed by atoms with Crippen LogP contribution >= 0.6 is 77.2 Å². The molecule has 0 aliphatic carbocycles. The Labute approximate surface area is 640 Å². The number of benzene rings is 8. The molecule has 0 saturated carbocycles. The summed E-state index contributed by atoms with van der Waals surface area (Å²) in [4.78, 5) is 12.5. The summed E-state index contributed by atoms with van der Waals surface area (Å²) in [6.45, 7) is 21.2. The van der Waals surface area contributed by atoms with Gasteiger partial charge in [-0.25, -0.2) is 0 Å². The molecule has 0 bridgehead atoms. The Morgan fingerprint density at radius 2 is 0.559 bits per heavy atom. The lowest BCUT2D eigenvalue weighted by atomic mass is 9.79. The molecule has 0 amide bonds. The molecular weight excluding hydrogens is 1460 g/mol. The molecule has 2 aliphatic heterocycles. The third kappa shape index (κ3) is 18.4. The lowest BCUT2D eigenvalue weighted by molar-refractivity contribution is 0.00578. The largest absolute Gasteiger partial charge is 0.494 e. The molecule has 0 radical (unpaired) electrons. The minimum Gasteiger partial charge on any atom is -0.399 e. The molecule has 2 saturated heterocycles. The number of thiophene rings is 4. The van der Waals surface area contributed by atoms with E-state index in [1.165, 1.54) is 127 Å². The maximum absolute atomic E-state index is 6.31. The van der Waals surface area contributed by atoms with Crippen LogP contribution in [0.2, 0.25) is 0 Å². The van der Waals surface area contributed by atoms with Gasteiger partial charge in [-0.3, -0.25) is 0 Å². The van der Waals surface area contributed by atoms with Crippen molar-refractivity contribution in [1.82, 2.24) is 0 Å². The summed E-state index contributed by atoms with van der Waals surface area (Å²) in [5.74, 6) is 0. The lowest BCUT2D eigenvalue weighted by Crippen LogP contribution is -2.41. The molecule has 0 N–H and O–H groups in total. The van der Waals surface area contributed by atoms with Gasteiger partial charge < -0.3 is 28.4 Å². The summed E-state index contributed by atoms with van der Waals surface area (Å²) in [7, 11) is -0.780. The third-order valence-electron chi connectivity index (χ3n) is 19.9. The van der Waals surface area contributed by atoms with E-state index in [9.17, 15) is 0 Å². The van der Waals surface area contributed by atoms with Gasteiger partial charge in [-0.1, -0.05) is 186 Å². The van der Waals surface area contributed by atoms with Crippen molar-refractivity contribution in [2.75, 3.05) is 9.80 Å². The summed E-state index contributed by atoms with van der Waals surface area (Å²) in [5.41, 5.74) is 15.0. The smallest absolute Gasteiger partial charge is 0.399 e. The Morgan fingerprint density at radius 3 is 0.892 bits per heavy atom. The zero-order chi connectivity index (χ0) is 71.4. The number of hydrogen-bond acceptors (Lipinski definition) is 10. The standard InChI is InChI=1S/C44H39NS2.C36H49B2NO4.C8H4Br2S2/c1-2-3-4-7-12-33-17-23-38(24-18-33)45(39-25-19-35(20-26-39)34-13-8-5-9-14-34)40-27-21-37(22-28-40)42-30-32-44(47-42)43-31-29-41(46-43)36-15-10-6-11-16-36;1-10-11-12-13-14-27-15-21-30(22-16-27)39(31-23-17-28(18-24-31)37-40-33(2,3)34(4,5)41-37)32-25-19-29(20-26-32)38-42-35(6,7)36(8,9)43-38;9-7-3-1-5(11-7)6-2-4-8(10)12-6/h5-6,8-11,13-32H,2-4,7,12H2,1H3;15-26H,10-14H2,1-9H3;1-4H. The van der Waals surface area contributed by atoms with Gasteiger partial charge >= 0.3 is 14.2 Å². The number of nitrogens with zero attached hydrogens (tertiary/aromatic N) is 2. The number of unbranched alkanes of at least 4 members (excludes halogenated alkanes) is 6. The van der Waals surface area contributed by atoms with Crippen LogP contribution in [-0.2, 0) is 31.5 Å². The predicted octanol–water partition coefficient (Wildman–Crippen LogP) is 26.9. The van der Waals surface area contributed by atoms with Crippen LogP contribution in [0.25, 0.3) is 51.5 Å². The van der Waals surface area contributed by atoms with Gasteiger partial charge in [0, 0.05) is 63.4 Å². The van der Waals surface area contributed by atoms with Crippen LogP contribution < -0.4 is 20.7 Å². The van der Waals surface area contributed by atoms with Crippen molar-refractivity contribution in [2.45, 2.75) is 156 Å². The normalized spacial score (nSPS) is 14.8. The van der Waals surface area contributed by atoms with Gasteiger partial charge in [0.25, 0.3) is 0 Å². The minimum absolute atomic E-state index is 0.375. The fourth-order valence-corrected chi connectivity index (χ4v) is 17.5. The first-order chi connectivity index (χ1) is 49.2. The van der Waals surface area contributed by atoms with Gasteiger partial charge in [-0.15, -0.1) is 45.3 Å². The Morgan fingerprint density at radius 1 is 0.284 bits per heavy atom. The number of anilines is 6. The molecule has 14 heteroatoms. The van der Waals surface area contributed by atoms with E-state index < -0.39 is 14.2 Å². The Hall–Kier alpha value is -6.91. The topological polar surface area (TPSA) is 43.4 Å². The molecular formula is C88H92B2Br2N2O4S4. The highest BCUT2D eigenvalue weighted by atomic mass is 79.9. The summed E-state index contributed by atoms with van der Waals surface area (Å²) < 4.78 is 27.6. The second-order valence-electron chi connectivity index (χ2n) is 28.3. The van der Waals surface area contributed by atoms with Crippen molar-refractivity contribution < 1.29 is 18.6 Å². The lowest BCUT2D eigenvalue weighted by Gasteiger charge is -2.32. The fraction of sp³-hybridized carbons (Fsp3) is 0.273. The van der Waals surface area contributed by atoms with Gasteiger partial charge in [0.1, 0.15) is 0 Å². The Bertz CT molecular complexity index is 4440. The molecule has 2 fully saturated rings. The van der Waals surface area contributed by atoms with E-state index in [1.54, 1.807) is 22.7 Å². The highest BCUT2D eigenvalue weighted by Gasteiger charge is 2.53. The van der Waals surface area contributed by atoms with Gasteiger partial charge in [-0.2, -0.15) is 0 Å². The van der Waals surface area contributed by atoms with E-state index in [1.807, 2.05) is 22.7 Å². The second kappa shape index (κ2) is 33.9. The number of aryl methyl sites for hydroxylation is 2. The molecule has 522 valence electrons. The molecule has 0 atom stereocenters. The van der Waals surface area contributed by atoms with E-state index in [4.69, 9.17) is 18.6 Å². The van der Waals surface area contributed by atoms with Crippen molar-refractivity contribution >= 4 is 136 Å². The summed E-state index contributed by atoms with van der Waals surface area (Å²) >= 11 is 14.1. The van der Waals surface area contributed by atoms with Crippen molar-refractivity contribution in [2.24, 2.45) is 0 Å². The molecule has 6 heterocycles. The SMILES string of the molecule is Brc1ccc(-c2ccc(Br)s2)s1.CCCCCCc1ccc(N(c2ccc(-c3ccccc3)cc2)c2ccc(-c3ccc(-c4ccc(-c5ccccc5)s4)s3)cc2)cc1.CCCCCCc1ccc(N(c2ccc(B3OC(C)(C)C(C)(C)O3)cc2)c2ccc(B3OC(C)(C)C(C)(C)O3)cc2)cc1. The predicted molar refractivity (Wildman–Crippen MR) is 450 cm³/mol. The maximum atomic E-state index is 6.31. The molecule has 2 aliphatic rings. The van der Waals surface area contributed by atoms with Gasteiger partial charge in [0.15, 0.2) is 0 Å². The van der Waals surface area contributed by atoms with E-state index in [0.29, 0.717) is 0 Å². The van der Waals surface area contributed by atoms with E-state index in [-0.39, 0.29) is 22.4 Å². The Balaban J connectivity index is 0.000000166. The molecule has 0 spiro atoms. The average molecular weight is 1550 g/mol. The van der Waals surface area contributed by atoms with Crippen LogP contribution in [0.5, 0.6) is 0 Å². The quantitative estimate of drug-likeness (QED) is 0.0470. The summed E-state index contributed by atoms with van der Waals surface area (Å²) in [6, 6.07) is 91.9. The van der Waals surface area contributed by atoms with Gasteiger partial charge in [0.2, 0.25) is 0 Å². The molecule has 12 aromatic rings. The van der Waals surface area contributed by atoms with Crippen LogP contribution in [-0.4, -0.2) is 36.6 Å². The molecule has 0 unspecified atom stereocenters. The first kappa shape index (κ1) is 74.8. The summed E-state index contributed by atoms with van der Waals surface area (Å²) in [6.07, 6.45) is 12.5. The van der Waals surface area contributed by atoms with Crippen molar-refractivity contribution in [3.8, 4) is 51.5 Å². The minimum atomic E-state index is -0.390. The second-order valence-corrected chi connectivity index (χ2v) is 35.4. The van der Waals surface area contributed by atoms with Crippen LogP contribution in [0.15, 0.2) is 262 Å². The zero-order valence-corrected chi connectivity index (χ0v) is 66.8. The highest BCUT2D eigenvalue weighted by Crippen LogP contribution is 2.45. The van der Waals surface area contributed by atoms with Crippen LogP contribution in [0.1, 0.15) is 132 Å². The average Bonchev–Trinajstić information content (AvgIpc) is 1.71.